The molecule has 2 aromatic rings. The van der Waals surface area contributed by atoms with Crippen molar-refractivity contribution in [3.8, 4) is 11.1 Å². The van der Waals surface area contributed by atoms with E-state index in [0.29, 0.717) is 0 Å². The molecular formula is C24H28Cl2SiTi. The molecule has 2 aliphatic carbocycles. The number of hydrogen-bond donors (Lipinski definition) is 0. The van der Waals surface area contributed by atoms with E-state index >= 15 is 0 Å². The van der Waals surface area contributed by atoms with Crippen LogP contribution in [0.25, 0.3) is 16.7 Å². The van der Waals surface area contributed by atoms with Crippen molar-refractivity contribution in [3.05, 3.63) is 76.9 Å². The summed E-state index contributed by atoms with van der Waals surface area (Å²) in [5, 5.41) is 0. The molecule has 0 saturated heterocycles. The molecule has 4 rings (SSSR count). The maximum Gasteiger partial charge on any atom is 3.00 e. The van der Waals surface area contributed by atoms with E-state index in [4.69, 9.17) is 0 Å². The van der Waals surface area contributed by atoms with Crippen molar-refractivity contribution in [1.82, 2.24) is 0 Å². The van der Waals surface area contributed by atoms with E-state index < -0.39 is 0 Å². The van der Waals surface area contributed by atoms with Crippen molar-refractivity contribution in [2.24, 2.45) is 5.41 Å². The van der Waals surface area contributed by atoms with Gasteiger partial charge >= 0.3 is 21.7 Å². The van der Waals surface area contributed by atoms with Gasteiger partial charge < -0.3 is 24.8 Å². The van der Waals surface area contributed by atoms with E-state index in [0.717, 1.165) is 22.4 Å². The predicted octanol–water partition coefficient (Wildman–Crippen LogP) is 0.342. The predicted molar refractivity (Wildman–Crippen MR) is 113 cm³/mol. The second-order valence-corrected chi connectivity index (χ2v) is 9.11. The maximum absolute atomic E-state index is 3.68. The third kappa shape index (κ3) is 5.97. The molecule has 0 bridgehead atoms. The van der Waals surface area contributed by atoms with E-state index in [1.54, 1.807) is 0 Å². The first-order valence-electron chi connectivity index (χ1n) is 9.23. The molecule has 0 amide bonds. The van der Waals surface area contributed by atoms with Crippen molar-refractivity contribution < 1.29 is 46.5 Å². The molecule has 0 N–H and O–H groups in total. The Kier molecular flexibility index (Phi) is 11.3. The van der Waals surface area contributed by atoms with Gasteiger partial charge in [-0.3, -0.25) is 0 Å². The van der Waals surface area contributed by atoms with Crippen molar-refractivity contribution in [3.63, 3.8) is 0 Å². The number of halogens is 2. The third-order valence-electron chi connectivity index (χ3n) is 4.79. The summed E-state index contributed by atoms with van der Waals surface area (Å²) in [5.74, 6) is 0. The monoisotopic (exact) mass is 462 g/mol. The zero-order valence-electron chi connectivity index (χ0n) is 17.4. The van der Waals surface area contributed by atoms with E-state index in [2.05, 4.69) is 88.5 Å². The molecule has 28 heavy (non-hydrogen) atoms. The third-order valence-corrected chi connectivity index (χ3v) is 4.79. The molecule has 0 atom stereocenters. The molecule has 4 heteroatoms. The molecule has 2 aliphatic rings. The Balaban J connectivity index is 0.00000115. The zero-order chi connectivity index (χ0) is 18.0. The summed E-state index contributed by atoms with van der Waals surface area (Å²) in [7, 11) is 0.750. The fraction of sp³-hybridized carbons (Fsp3) is 0.333. The first-order chi connectivity index (χ1) is 11.9. The van der Waals surface area contributed by atoms with Crippen LogP contribution in [0.4, 0.5) is 0 Å². The Morgan fingerprint density at radius 3 is 2.18 bits per heavy atom. The van der Waals surface area contributed by atoms with Crippen molar-refractivity contribution in [1.29, 1.82) is 0 Å². The Morgan fingerprint density at radius 1 is 0.929 bits per heavy atom. The van der Waals surface area contributed by atoms with Gasteiger partial charge in [0.1, 0.15) is 0 Å². The molecule has 0 fully saturated rings. The molecule has 0 nitrogen and oxygen atoms in total. The first-order valence-corrected chi connectivity index (χ1v) is 11.5. The van der Waals surface area contributed by atoms with E-state index in [-0.39, 0.29) is 51.9 Å². The molecule has 0 spiro atoms. The molecule has 0 saturated carbocycles. The Labute approximate surface area is 200 Å². The minimum absolute atomic E-state index is 0. The Morgan fingerprint density at radius 2 is 1.57 bits per heavy atom. The maximum atomic E-state index is 3.68. The van der Waals surface area contributed by atoms with Gasteiger partial charge in [-0.15, -0.1) is 34.9 Å². The van der Waals surface area contributed by atoms with Crippen molar-refractivity contribution in [2.75, 3.05) is 0 Å². The fourth-order valence-corrected chi connectivity index (χ4v) is 3.48. The number of benzene rings is 2. The average molecular weight is 463 g/mol. The molecule has 2 radical (unpaired) electrons. The second-order valence-electron chi connectivity index (χ2n) is 7.96. The van der Waals surface area contributed by atoms with E-state index in [1.807, 2.05) is 0 Å². The minimum Gasteiger partial charge on any atom is -1.00 e. The van der Waals surface area contributed by atoms with E-state index in [9.17, 15) is 0 Å². The topological polar surface area (TPSA) is 0 Å². The van der Waals surface area contributed by atoms with Gasteiger partial charge in [0, 0.05) is 9.52 Å². The van der Waals surface area contributed by atoms with Gasteiger partial charge in [0.05, 0.1) is 0 Å². The van der Waals surface area contributed by atoms with Crippen molar-refractivity contribution >= 4 is 15.1 Å². The summed E-state index contributed by atoms with van der Waals surface area (Å²) < 4.78 is 0. The summed E-state index contributed by atoms with van der Waals surface area (Å²) in [5.41, 5.74) is 9.87. The van der Waals surface area contributed by atoms with Gasteiger partial charge in [-0.1, -0.05) is 87.0 Å². The van der Waals surface area contributed by atoms with Crippen LogP contribution in [0.5, 0.6) is 0 Å². The summed E-state index contributed by atoms with van der Waals surface area (Å²) in [4.78, 5) is 0. The molecule has 146 valence electrons. The largest absolute Gasteiger partial charge is 3.00 e. The van der Waals surface area contributed by atoms with Crippen LogP contribution in [-0.4, -0.2) is 9.52 Å². The minimum atomic E-state index is 0. The van der Waals surface area contributed by atoms with Crippen LogP contribution >= 0.6 is 0 Å². The van der Waals surface area contributed by atoms with Gasteiger partial charge in [-0.05, 0) is 23.8 Å². The molecule has 0 aliphatic heterocycles. The molecule has 0 heterocycles. The van der Waals surface area contributed by atoms with Crippen LogP contribution in [0, 0.1) is 11.5 Å². The van der Waals surface area contributed by atoms with Crippen LogP contribution in [0.2, 0.25) is 13.1 Å². The van der Waals surface area contributed by atoms with Crippen LogP contribution < -0.4 is 24.8 Å². The summed E-state index contributed by atoms with van der Waals surface area (Å²) in [6.07, 6.45) is 6.78. The molecule has 2 aromatic carbocycles. The van der Waals surface area contributed by atoms with Gasteiger partial charge in [0.25, 0.3) is 0 Å². The summed E-state index contributed by atoms with van der Waals surface area (Å²) in [6, 6.07) is 16.9. The summed E-state index contributed by atoms with van der Waals surface area (Å²) >= 11 is 0. The average Bonchev–Trinajstić information content (AvgIpc) is 3.19. The van der Waals surface area contributed by atoms with Crippen molar-refractivity contribution in [2.45, 2.75) is 46.7 Å². The number of hydrogen-bond acceptors (Lipinski definition) is 0. The second kappa shape index (κ2) is 11.6. The molecular weight excluding hydrogens is 435 g/mol. The van der Waals surface area contributed by atoms with Gasteiger partial charge in [-0.2, -0.15) is 0 Å². The first kappa shape index (κ1) is 27.4. The van der Waals surface area contributed by atoms with E-state index in [1.165, 1.54) is 39.0 Å². The molecule has 0 aromatic heterocycles. The quantitative estimate of drug-likeness (QED) is 0.361. The number of allylic oxidation sites excluding steroid dienone is 4. The zero-order valence-corrected chi connectivity index (χ0v) is 21.6. The Bertz CT molecular complexity index is 848. The van der Waals surface area contributed by atoms with Crippen LogP contribution in [0.3, 0.4) is 0 Å². The Hall–Kier alpha value is -0.569. The standard InChI is InChI=1S/C22H21.C2H7Si.2ClH.Ti/c1-22(2,3)19-10-8-16(14-19)15-9-11-21-18(12-15)13-17-6-4-5-7-20(17)21;1-3-2;;;/h4-7,9-11,14H,8,13H2,1-3H3;3H,1-2H3;2*1H;/q-1;;;;+3/p-2. The van der Waals surface area contributed by atoms with Gasteiger partial charge in [0.15, 0.2) is 0 Å². The van der Waals surface area contributed by atoms with Crippen LogP contribution in [-0.2, 0) is 28.1 Å². The summed E-state index contributed by atoms with van der Waals surface area (Å²) in [6.45, 7) is 11.3. The van der Waals surface area contributed by atoms with Gasteiger partial charge in [-0.25, -0.2) is 0 Å². The fourth-order valence-electron chi connectivity index (χ4n) is 3.48. The normalized spacial score (nSPS) is 13.3. The van der Waals surface area contributed by atoms with Gasteiger partial charge in [0.2, 0.25) is 0 Å². The SMILES string of the molecule is CC(C)(C)C1=CCC(c2[c-]c3c(cc2)-c2ccccc2C3)=C1.C[SiH]C.[Cl-].[Cl-].[Ti+3]. The molecule has 0 unspecified atom stereocenters. The smallest absolute Gasteiger partial charge is 1.00 e. The van der Waals surface area contributed by atoms with Crippen LogP contribution in [0.1, 0.15) is 43.9 Å². The number of rotatable bonds is 1. The number of fused-ring (bicyclic) bond motifs is 3. The van der Waals surface area contributed by atoms with Crippen LogP contribution in [0.15, 0.2) is 54.1 Å².